The van der Waals surface area contributed by atoms with Crippen molar-refractivity contribution in [2.75, 3.05) is 25.3 Å². The molecule has 0 saturated heterocycles. The smallest absolute Gasteiger partial charge is 0.234 e. The van der Waals surface area contributed by atoms with E-state index in [-0.39, 0.29) is 11.7 Å². The Labute approximate surface area is 147 Å². The number of methoxy groups -OCH3 is 2. The number of aromatic nitrogens is 3. The minimum Gasteiger partial charge on any atom is -0.493 e. The maximum Gasteiger partial charge on any atom is 0.234 e. The monoisotopic (exact) mass is 360 g/mol. The summed E-state index contributed by atoms with van der Waals surface area (Å²) in [7, 11) is 3.10. The summed E-state index contributed by atoms with van der Waals surface area (Å²) in [6.07, 6.45) is 1.56. The summed E-state index contributed by atoms with van der Waals surface area (Å²) in [5, 5.41) is 11.3. The summed E-state index contributed by atoms with van der Waals surface area (Å²) in [4.78, 5) is 15.1. The number of carbonyl (C=O) groups excluding carboxylic acids is 1. The van der Waals surface area contributed by atoms with Crippen LogP contribution in [-0.2, 0) is 4.79 Å². The van der Waals surface area contributed by atoms with Gasteiger partial charge < -0.3 is 24.2 Å². The maximum absolute atomic E-state index is 12.1. The molecule has 0 bridgehead atoms. The van der Waals surface area contributed by atoms with Crippen molar-refractivity contribution in [1.29, 1.82) is 0 Å². The van der Waals surface area contributed by atoms with Crippen LogP contribution in [-0.4, -0.2) is 41.1 Å². The van der Waals surface area contributed by atoms with E-state index in [0.717, 1.165) is 0 Å². The number of thioether (sulfide) groups is 1. The lowest BCUT2D eigenvalue weighted by molar-refractivity contribution is -0.113. The molecular formula is C16H16N4O4S. The van der Waals surface area contributed by atoms with Crippen LogP contribution in [0.4, 0.5) is 5.69 Å². The number of furan rings is 1. The average molecular weight is 360 g/mol. The third kappa shape index (κ3) is 4.13. The molecule has 1 amide bonds. The predicted molar refractivity (Wildman–Crippen MR) is 93.0 cm³/mol. The van der Waals surface area contributed by atoms with Gasteiger partial charge in [0.15, 0.2) is 28.2 Å². The van der Waals surface area contributed by atoms with E-state index in [9.17, 15) is 4.79 Å². The first-order valence-corrected chi connectivity index (χ1v) is 8.29. The molecule has 1 aromatic carbocycles. The van der Waals surface area contributed by atoms with Gasteiger partial charge in [0.25, 0.3) is 0 Å². The third-order valence-electron chi connectivity index (χ3n) is 3.23. The molecule has 3 aromatic rings. The molecule has 9 heteroatoms. The Morgan fingerprint density at radius 3 is 2.80 bits per heavy atom. The molecule has 0 spiro atoms. The molecule has 0 aliphatic rings. The first kappa shape index (κ1) is 16.9. The molecule has 2 aromatic heterocycles. The number of carbonyl (C=O) groups is 1. The highest BCUT2D eigenvalue weighted by Crippen LogP contribution is 2.29. The van der Waals surface area contributed by atoms with E-state index in [2.05, 4.69) is 20.5 Å². The van der Waals surface area contributed by atoms with Crippen molar-refractivity contribution in [2.24, 2.45) is 0 Å². The minimum absolute atomic E-state index is 0.173. The number of hydrogen-bond donors (Lipinski definition) is 2. The number of H-pyrrole nitrogens is 1. The first-order valence-electron chi connectivity index (χ1n) is 7.31. The second-order valence-electron chi connectivity index (χ2n) is 4.86. The molecule has 25 heavy (non-hydrogen) atoms. The number of ether oxygens (including phenoxy) is 2. The molecule has 0 atom stereocenters. The Kier molecular flexibility index (Phi) is 5.24. The van der Waals surface area contributed by atoms with Crippen molar-refractivity contribution in [3.63, 3.8) is 0 Å². The molecule has 0 saturated carbocycles. The SMILES string of the molecule is COc1ccc(NC(=O)CSc2nnc(-c3ccco3)[nH]2)cc1OC. The molecule has 2 heterocycles. The van der Waals surface area contributed by atoms with Crippen LogP contribution in [0, 0.1) is 0 Å². The molecule has 2 N–H and O–H groups in total. The Bertz CT molecular complexity index is 848. The maximum atomic E-state index is 12.1. The van der Waals surface area contributed by atoms with Crippen LogP contribution in [0.15, 0.2) is 46.2 Å². The van der Waals surface area contributed by atoms with Crippen LogP contribution in [0.5, 0.6) is 11.5 Å². The lowest BCUT2D eigenvalue weighted by Gasteiger charge is -2.10. The molecular weight excluding hydrogens is 344 g/mol. The van der Waals surface area contributed by atoms with E-state index in [1.54, 1.807) is 50.8 Å². The van der Waals surface area contributed by atoms with Gasteiger partial charge in [-0.3, -0.25) is 4.79 Å². The van der Waals surface area contributed by atoms with Gasteiger partial charge in [-0.05, 0) is 24.3 Å². The van der Waals surface area contributed by atoms with Gasteiger partial charge in [-0.1, -0.05) is 11.8 Å². The van der Waals surface area contributed by atoms with Gasteiger partial charge in [-0.15, -0.1) is 10.2 Å². The van der Waals surface area contributed by atoms with Gasteiger partial charge in [0.2, 0.25) is 5.91 Å². The molecule has 0 fully saturated rings. The van der Waals surface area contributed by atoms with Gasteiger partial charge in [0.05, 0.1) is 26.2 Å². The average Bonchev–Trinajstić information content (AvgIpc) is 3.31. The van der Waals surface area contributed by atoms with Crippen LogP contribution in [0.3, 0.4) is 0 Å². The number of rotatable bonds is 7. The summed E-state index contributed by atoms with van der Waals surface area (Å²) in [6.45, 7) is 0. The number of amides is 1. The van der Waals surface area contributed by atoms with E-state index < -0.39 is 0 Å². The number of nitrogens with zero attached hydrogens (tertiary/aromatic N) is 2. The molecule has 130 valence electrons. The fourth-order valence-corrected chi connectivity index (χ4v) is 2.69. The number of aromatic amines is 1. The molecule has 0 unspecified atom stereocenters. The van der Waals surface area contributed by atoms with E-state index in [0.29, 0.717) is 33.9 Å². The van der Waals surface area contributed by atoms with Crippen LogP contribution in [0.25, 0.3) is 11.6 Å². The number of nitrogens with one attached hydrogen (secondary N) is 2. The van der Waals surface area contributed by atoms with Gasteiger partial charge in [-0.25, -0.2) is 0 Å². The fraction of sp³-hybridized carbons (Fsp3) is 0.188. The highest BCUT2D eigenvalue weighted by atomic mass is 32.2. The van der Waals surface area contributed by atoms with Crippen molar-refractivity contribution >= 4 is 23.4 Å². The summed E-state index contributed by atoms with van der Waals surface area (Å²) in [5.41, 5.74) is 0.622. The van der Waals surface area contributed by atoms with Crippen LogP contribution in [0.1, 0.15) is 0 Å². The van der Waals surface area contributed by atoms with Crippen molar-refractivity contribution in [3.8, 4) is 23.1 Å². The normalized spacial score (nSPS) is 10.5. The zero-order valence-electron chi connectivity index (χ0n) is 13.6. The number of anilines is 1. The van der Waals surface area contributed by atoms with Gasteiger partial charge in [-0.2, -0.15) is 0 Å². The predicted octanol–water partition coefficient (Wildman–Crippen LogP) is 2.81. The molecule has 0 aliphatic carbocycles. The van der Waals surface area contributed by atoms with E-state index in [1.165, 1.54) is 11.8 Å². The van der Waals surface area contributed by atoms with E-state index >= 15 is 0 Å². The number of benzene rings is 1. The Hall–Kier alpha value is -2.94. The van der Waals surface area contributed by atoms with Crippen LogP contribution < -0.4 is 14.8 Å². The van der Waals surface area contributed by atoms with Crippen LogP contribution in [0.2, 0.25) is 0 Å². The highest BCUT2D eigenvalue weighted by Gasteiger charge is 2.11. The quantitative estimate of drug-likeness (QED) is 0.625. The van der Waals surface area contributed by atoms with Gasteiger partial charge >= 0.3 is 0 Å². The van der Waals surface area contributed by atoms with Crippen molar-refractivity contribution in [2.45, 2.75) is 5.16 Å². The Balaban J connectivity index is 1.56. The highest BCUT2D eigenvalue weighted by molar-refractivity contribution is 7.99. The Morgan fingerprint density at radius 2 is 2.08 bits per heavy atom. The lowest BCUT2D eigenvalue weighted by Crippen LogP contribution is -2.14. The lowest BCUT2D eigenvalue weighted by atomic mass is 10.2. The third-order valence-corrected chi connectivity index (χ3v) is 4.09. The largest absolute Gasteiger partial charge is 0.493 e. The van der Waals surface area contributed by atoms with Crippen molar-refractivity contribution in [1.82, 2.24) is 15.2 Å². The summed E-state index contributed by atoms with van der Waals surface area (Å²) < 4.78 is 15.6. The van der Waals surface area contributed by atoms with Crippen molar-refractivity contribution in [3.05, 3.63) is 36.6 Å². The topological polar surface area (TPSA) is 102 Å². The van der Waals surface area contributed by atoms with Crippen LogP contribution >= 0.6 is 11.8 Å². The zero-order valence-corrected chi connectivity index (χ0v) is 14.4. The second kappa shape index (κ2) is 7.75. The number of hydrogen-bond acceptors (Lipinski definition) is 7. The molecule has 0 radical (unpaired) electrons. The molecule has 0 aliphatic heterocycles. The van der Waals surface area contributed by atoms with E-state index in [4.69, 9.17) is 13.9 Å². The summed E-state index contributed by atoms with van der Waals surface area (Å²) in [6, 6.07) is 8.71. The molecule has 8 nitrogen and oxygen atoms in total. The first-order chi connectivity index (χ1) is 12.2. The van der Waals surface area contributed by atoms with Gasteiger partial charge in [0.1, 0.15) is 0 Å². The van der Waals surface area contributed by atoms with Crippen molar-refractivity contribution < 1.29 is 18.7 Å². The minimum atomic E-state index is -0.173. The van der Waals surface area contributed by atoms with Gasteiger partial charge in [0, 0.05) is 11.8 Å². The second-order valence-corrected chi connectivity index (χ2v) is 5.83. The molecule has 3 rings (SSSR count). The Morgan fingerprint density at radius 1 is 1.24 bits per heavy atom. The summed E-state index contributed by atoms with van der Waals surface area (Å²) in [5.74, 6) is 2.27. The summed E-state index contributed by atoms with van der Waals surface area (Å²) >= 11 is 1.24. The fourth-order valence-electron chi connectivity index (χ4n) is 2.08. The zero-order chi connectivity index (χ0) is 17.6. The standard InChI is InChI=1S/C16H16N4O4S/c1-22-11-6-5-10(8-13(11)23-2)17-14(21)9-25-16-18-15(19-20-16)12-4-3-7-24-12/h3-8H,9H2,1-2H3,(H,17,21)(H,18,19,20). The van der Waals surface area contributed by atoms with E-state index in [1.807, 2.05) is 0 Å².